The number of benzene rings is 1. The summed E-state index contributed by atoms with van der Waals surface area (Å²) in [4.78, 5) is 7.28. The molecule has 0 spiro atoms. The van der Waals surface area contributed by atoms with Crippen LogP contribution in [0.2, 0.25) is 0 Å². The minimum Gasteiger partial charge on any atom is -0.353 e. The molecule has 1 unspecified atom stereocenters. The minimum absolute atomic E-state index is 0. The van der Waals surface area contributed by atoms with Crippen LogP contribution in [0.5, 0.6) is 0 Å². The maximum atomic E-state index is 11.8. The van der Waals surface area contributed by atoms with Gasteiger partial charge in [0, 0.05) is 30.2 Å². The Labute approximate surface area is 186 Å². The fourth-order valence-corrected chi connectivity index (χ4v) is 6.37. The highest BCUT2D eigenvalue weighted by Gasteiger charge is 2.42. The van der Waals surface area contributed by atoms with Crippen LogP contribution in [0.3, 0.4) is 0 Å². The quantitative estimate of drug-likeness (QED) is 0.368. The molecule has 4 rings (SSSR count). The molecule has 2 heterocycles. The summed E-state index contributed by atoms with van der Waals surface area (Å²) in [7, 11) is -2.85. The van der Waals surface area contributed by atoms with Gasteiger partial charge in [-0.3, -0.25) is 4.99 Å². The summed E-state index contributed by atoms with van der Waals surface area (Å²) in [5.74, 6) is 1.71. The lowest BCUT2D eigenvalue weighted by Gasteiger charge is -2.29. The summed E-state index contributed by atoms with van der Waals surface area (Å²) < 4.78 is 23.6. The SMILES string of the molecule is CCC1(CC)CN(C(=NCC2CCS(=O)(=O)C2)NC2CC2)c2ccccc21.I. The molecule has 0 bridgehead atoms. The normalized spacial score (nSPS) is 25.3. The number of halogens is 1. The van der Waals surface area contributed by atoms with E-state index >= 15 is 0 Å². The fourth-order valence-electron chi connectivity index (χ4n) is 4.52. The number of guanidine groups is 1. The van der Waals surface area contributed by atoms with Crippen LogP contribution in [0.15, 0.2) is 29.3 Å². The Hall–Kier alpha value is -0.830. The standard InChI is InChI=1S/C21H31N3O2S.HI/c1-3-21(4-2)15-24(19-8-6-5-7-18(19)21)20(23-17-9-10-17)22-13-16-11-12-27(25,26)14-16;/h5-8,16-17H,3-4,9-15H2,1-2H3,(H,22,23);1H. The number of anilines is 1. The molecule has 0 radical (unpaired) electrons. The molecule has 1 atom stereocenters. The number of fused-ring (bicyclic) bond motifs is 1. The summed E-state index contributed by atoms with van der Waals surface area (Å²) in [6.45, 7) is 6.09. The Morgan fingerprint density at radius 2 is 1.93 bits per heavy atom. The lowest BCUT2D eigenvalue weighted by molar-refractivity contribution is 0.428. The van der Waals surface area contributed by atoms with Crippen LogP contribution in [0.1, 0.15) is 51.5 Å². The second kappa shape index (κ2) is 8.50. The number of rotatable bonds is 5. The van der Waals surface area contributed by atoms with Gasteiger partial charge in [-0.15, -0.1) is 24.0 Å². The van der Waals surface area contributed by atoms with Crippen molar-refractivity contribution in [3.05, 3.63) is 29.8 Å². The van der Waals surface area contributed by atoms with Crippen molar-refractivity contribution in [2.75, 3.05) is 29.5 Å². The Morgan fingerprint density at radius 1 is 1.21 bits per heavy atom. The summed E-state index contributed by atoms with van der Waals surface area (Å²) in [6.07, 6.45) is 5.34. The van der Waals surface area contributed by atoms with Crippen molar-refractivity contribution in [3.8, 4) is 0 Å². The van der Waals surface area contributed by atoms with Crippen LogP contribution in [-0.4, -0.2) is 45.0 Å². The number of nitrogens with zero attached hydrogens (tertiary/aromatic N) is 2. The molecular weight excluding hydrogens is 485 g/mol. The van der Waals surface area contributed by atoms with Gasteiger partial charge in [-0.25, -0.2) is 8.42 Å². The van der Waals surface area contributed by atoms with Gasteiger partial charge in [0.2, 0.25) is 0 Å². The average molecular weight is 517 g/mol. The third-order valence-electron chi connectivity index (χ3n) is 6.57. The van der Waals surface area contributed by atoms with E-state index in [-0.39, 0.29) is 41.1 Å². The zero-order valence-corrected chi connectivity index (χ0v) is 20.0. The summed E-state index contributed by atoms with van der Waals surface area (Å²) in [5, 5.41) is 3.63. The number of nitrogens with one attached hydrogen (secondary N) is 1. The molecule has 2 fully saturated rings. The fraction of sp³-hybridized carbons (Fsp3) is 0.667. The molecule has 0 amide bonds. The average Bonchev–Trinajstić information content (AvgIpc) is 3.33. The second-order valence-corrected chi connectivity index (χ2v) is 10.7. The number of hydrogen-bond donors (Lipinski definition) is 1. The van der Waals surface area contributed by atoms with E-state index in [2.05, 4.69) is 48.3 Å². The zero-order chi connectivity index (χ0) is 19.1. The van der Waals surface area contributed by atoms with Crippen molar-refractivity contribution < 1.29 is 8.42 Å². The molecule has 0 aromatic heterocycles. The first-order chi connectivity index (χ1) is 13.0. The molecule has 1 saturated carbocycles. The molecule has 3 aliphatic rings. The van der Waals surface area contributed by atoms with Gasteiger partial charge < -0.3 is 10.2 Å². The van der Waals surface area contributed by atoms with E-state index in [1.807, 2.05) is 0 Å². The Morgan fingerprint density at radius 3 is 2.54 bits per heavy atom. The maximum absolute atomic E-state index is 11.8. The van der Waals surface area contributed by atoms with Gasteiger partial charge >= 0.3 is 0 Å². The first-order valence-corrected chi connectivity index (χ1v) is 12.2. The van der Waals surface area contributed by atoms with Gasteiger partial charge in [-0.1, -0.05) is 32.0 Å². The predicted octanol–water partition coefficient (Wildman–Crippen LogP) is 3.73. The third-order valence-corrected chi connectivity index (χ3v) is 8.41. The number of para-hydroxylation sites is 1. The Kier molecular flexibility index (Phi) is 6.64. The Bertz CT molecular complexity index is 832. The van der Waals surface area contributed by atoms with Crippen LogP contribution >= 0.6 is 24.0 Å². The first-order valence-electron chi connectivity index (χ1n) is 10.3. The highest BCUT2D eigenvalue weighted by atomic mass is 127. The molecule has 1 aliphatic carbocycles. The molecule has 7 heteroatoms. The summed E-state index contributed by atoms with van der Waals surface area (Å²) in [6, 6.07) is 9.22. The topological polar surface area (TPSA) is 61.8 Å². The lowest BCUT2D eigenvalue weighted by atomic mass is 9.78. The first kappa shape index (κ1) is 21.9. The minimum atomic E-state index is -2.85. The maximum Gasteiger partial charge on any atom is 0.198 e. The van der Waals surface area contributed by atoms with Crippen molar-refractivity contribution in [3.63, 3.8) is 0 Å². The molecular formula is C21H32IN3O2S. The van der Waals surface area contributed by atoms with Crippen LogP contribution < -0.4 is 10.2 Å². The molecule has 5 nitrogen and oxygen atoms in total. The molecule has 1 aromatic carbocycles. The molecule has 156 valence electrons. The van der Waals surface area contributed by atoms with E-state index in [9.17, 15) is 8.42 Å². The summed E-state index contributed by atoms with van der Waals surface area (Å²) >= 11 is 0. The number of hydrogen-bond acceptors (Lipinski definition) is 3. The highest BCUT2D eigenvalue weighted by Crippen LogP contribution is 2.45. The van der Waals surface area contributed by atoms with Crippen molar-refractivity contribution in [1.82, 2.24) is 5.32 Å². The second-order valence-electron chi connectivity index (χ2n) is 8.44. The number of aliphatic imine (C=N–C) groups is 1. The molecule has 2 aliphatic heterocycles. The van der Waals surface area contributed by atoms with Gasteiger partial charge in [0.25, 0.3) is 0 Å². The van der Waals surface area contributed by atoms with Gasteiger partial charge in [0.15, 0.2) is 15.8 Å². The van der Waals surface area contributed by atoms with Crippen LogP contribution in [0, 0.1) is 5.92 Å². The molecule has 1 saturated heterocycles. The molecule has 1 N–H and O–H groups in total. The van der Waals surface area contributed by atoms with E-state index in [0.29, 0.717) is 18.3 Å². The van der Waals surface area contributed by atoms with Crippen molar-refractivity contribution >= 4 is 45.5 Å². The molecule has 28 heavy (non-hydrogen) atoms. The van der Waals surface area contributed by atoms with Crippen molar-refractivity contribution in [1.29, 1.82) is 0 Å². The van der Waals surface area contributed by atoms with E-state index < -0.39 is 9.84 Å². The summed E-state index contributed by atoms with van der Waals surface area (Å²) in [5.41, 5.74) is 2.84. The number of sulfone groups is 1. The van der Waals surface area contributed by atoms with Gasteiger partial charge in [-0.2, -0.15) is 0 Å². The van der Waals surface area contributed by atoms with Crippen LogP contribution in [0.4, 0.5) is 5.69 Å². The predicted molar refractivity (Wildman–Crippen MR) is 127 cm³/mol. The van der Waals surface area contributed by atoms with Gasteiger partial charge in [0.05, 0.1) is 11.5 Å². The van der Waals surface area contributed by atoms with E-state index in [0.717, 1.165) is 31.8 Å². The molecule has 1 aromatic rings. The lowest BCUT2D eigenvalue weighted by Crippen LogP contribution is -2.45. The van der Waals surface area contributed by atoms with E-state index in [4.69, 9.17) is 4.99 Å². The third kappa shape index (κ3) is 4.35. The van der Waals surface area contributed by atoms with Crippen molar-refractivity contribution in [2.45, 2.75) is 57.4 Å². The largest absolute Gasteiger partial charge is 0.353 e. The highest BCUT2D eigenvalue weighted by molar-refractivity contribution is 14.0. The smallest absolute Gasteiger partial charge is 0.198 e. The van der Waals surface area contributed by atoms with Crippen LogP contribution in [0.25, 0.3) is 0 Å². The van der Waals surface area contributed by atoms with Gasteiger partial charge in [0.1, 0.15) is 0 Å². The van der Waals surface area contributed by atoms with E-state index in [1.165, 1.54) is 24.1 Å². The zero-order valence-electron chi connectivity index (χ0n) is 16.9. The van der Waals surface area contributed by atoms with Gasteiger partial charge in [-0.05, 0) is 49.7 Å². The van der Waals surface area contributed by atoms with Crippen molar-refractivity contribution in [2.24, 2.45) is 10.9 Å². The Balaban J connectivity index is 0.00000225. The van der Waals surface area contributed by atoms with Crippen LogP contribution in [-0.2, 0) is 15.3 Å². The monoisotopic (exact) mass is 517 g/mol. The van der Waals surface area contributed by atoms with E-state index in [1.54, 1.807) is 0 Å².